The fraction of sp³-hybridized carbons (Fsp3) is 0.579. The van der Waals surface area contributed by atoms with Crippen LogP contribution >= 0.6 is 0 Å². The van der Waals surface area contributed by atoms with Crippen molar-refractivity contribution in [2.45, 2.75) is 47.1 Å². The zero-order chi connectivity index (χ0) is 18.0. The van der Waals surface area contributed by atoms with Crippen molar-refractivity contribution in [1.29, 1.82) is 0 Å². The maximum absolute atomic E-state index is 12.4. The SMILES string of the molecule is CCn1nccc1-c1cncc(C[C@H]2CCN(C(=O)C(C)(C)C)C2)n1. The minimum Gasteiger partial charge on any atom is -0.342 e. The minimum atomic E-state index is -0.312. The Labute approximate surface area is 149 Å². The molecule has 0 radical (unpaired) electrons. The molecule has 2 aromatic heterocycles. The third kappa shape index (κ3) is 3.89. The second kappa shape index (κ2) is 6.94. The van der Waals surface area contributed by atoms with Crippen LogP contribution in [0.15, 0.2) is 24.7 Å². The highest BCUT2D eigenvalue weighted by molar-refractivity contribution is 5.81. The van der Waals surface area contributed by atoms with E-state index in [0.717, 1.165) is 49.6 Å². The molecular formula is C19H27N5O. The fourth-order valence-corrected chi connectivity index (χ4v) is 3.38. The van der Waals surface area contributed by atoms with Crippen molar-refractivity contribution >= 4 is 5.91 Å². The average Bonchev–Trinajstić information content (AvgIpc) is 3.22. The first-order valence-electron chi connectivity index (χ1n) is 9.01. The van der Waals surface area contributed by atoms with Gasteiger partial charge in [-0.25, -0.2) is 4.98 Å². The Balaban J connectivity index is 1.69. The summed E-state index contributed by atoms with van der Waals surface area (Å²) in [6.07, 6.45) is 7.30. The van der Waals surface area contributed by atoms with Crippen molar-refractivity contribution in [3.63, 3.8) is 0 Å². The van der Waals surface area contributed by atoms with Gasteiger partial charge in [0.05, 0.1) is 17.6 Å². The number of carbonyl (C=O) groups excluding carboxylic acids is 1. The van der Waals surface area contributed by atoms with E-state index in [1.165, 1.54) is 0 Å². The Morgan fingerprint density at radius 2 is 2.12 bits per heavy atom. The Bertz CT molecular complexity index is 746. The van der Waals surface area contributed by atoms with Gasteiger partial charge < -0.3 is 4.90 Å². The predicted octanol–water partition coefficient (Wildman–Crippen LogP) is 2.80. The number of hydrogen-bond acceptors (Lipinski definition) is 4. The lowest BCUT2D eigenvalue weighted by Gasteiger charge is -2.25. The van der Waals surface area contributed by atoms with Crippen LogP contribution in [0.3, 0.4) is 0 Å². The highest BCUT2D eigenvalue weighted by Gasteiger charge is 2.32. The van der Waals surface area contributed by atoms with Crippen LogP contribution in [-0.4, -0.2) is 43.6 Å². The van der Waals surface area contributed by atoms with Crippen LogP contribution in [0.2, 0.25) is 0 Å². The van der Waals surface area contributed by atoms with E-state index in [1.54, 1.807) is 12.4 Å². The van der Waals surface area contributed by atoms with Gasteiger partial charge in [-0.3, -0.25) is 14.5 Å². The molecule has 1 aliphatic heterocycles. The maximum Gasteiger partial charge on any atom is 0.227 e. The van der Waals surface area contributed by atoms with Crippen LogP contribution in [0.25, 0.3) is 11.4 Å². The van der Waals surface area contributed by atoms with Crippen molar-refractivity contribution in [2.24, 2.45) is 11.3 Å². The Hall–Kier alpha value is -2.24. The molecule has 25 heavy (non-hydrogen) atoms. The standard InChI is InChI=1S/C19H27N5O/c1-5-24-17(6-8-21-24)16-12-20-11-15(22-16)10-14-7-9-23(13-14)18(25)19(2,3)4/h6,8,11-12,14H,5,7,9-10,13H2,1-4H3/t14-/m1/s1. The van der Waals surface area contributed by atoms with Gasteiger partial charge in [0, 0.05) is 37.4 Å². The summed E-state index contributed by atoms with van der Waals surface area (Å²) in [7, 11) is 0. The molecule has 1 aliphatic rings. The molecule has 0 aromatic carbocycles. The number of carbonyl (C=O) groups is 1. The number of amides is 1. The van der Waals surface area contributed by atoms with E-state index in [4.69, 9.17) is 4.98 Å². The van der Waals surface area contributed by atoms with Gasteiger partial charge in [-0.1, -0.05) is 20.8 Å². The van der Waals surface area contributed by atoms with Crippen LogP contribution in [0, 0.1) is 11.3 Å². The van der Waals surface area contributed by atoms with Gasteiger partial charge in [0.2, 0.25) is 5.91 Å². The van der Waals surface area contributed by atoms with Gasteiger partial charge >= 0.3 is 0 Å². The van der Waals surface area contributed by atoms with Gasteiger partial charge in [-0.15, -0.1) is 0 Å². The molecule has 1 fully saturated rings. The molecule has 6 nitrogen and oxygen atoms in total. The molecule has 0 saturated carbocycles. The quantitative estimate of drug-likeness (QED) is 0.858. The van der Waals surface area contributed by atoms with E-state index >= 15 is 0 Å². The van der Waals surface area contributed by atoms with E-state index in [1.807, 2.05) is 42.6 Å². The Morgan fingerprint density at radius 1 is 1.32 bits per heavy atom. The molecule has 0 unspecified atom stereocenters. The molecule has 1 saturated heterocycles. The van der Waals surface area contributed by atoms with Crippen LogP contribution in [0.5, 0.6) is 0 Å². The average molecular weight is 341 g/mol. The summed E-state index contributed by atoms with van der Waals surface area (Å²) in [6, 6.07) is 1.97. The highest BCUT2D eigenvalue weighted by Crippen LogP contribution is 2.26. The molecule has 6 heteroatoms. The van der Waals surface area contributed by atoms with Gasteiger partial charge in [0.15, 0.2) is 0 Å². The van der Waals surface area contributed by atoms with Crippen molar-refractivity contribution < 1.29 is 4.79 Å². The molecule has 134 valence electrons. The van der Waals surface area contributed by atoms with Crippen LogP contribution in [0.4, 0.5) is 0 Å². The first kappa shape index (κ1) is 17.6. The second-order valence-electron chi connectivity index (χ2n) is 7.79. The van der Waals surface area contributed by atoms with Gasteiger partial charge in [-0.05, 0) is 31.7 Å². The van der Waals surface area contributed by atoms with E-state index in [2.05, 4.69) is 17.0 Å². The van der Waals surface area contributed by atoms with Gasteiger partial charge in [0.1, 0.15) is 5.69 Å². The lowest BCUT2D eigenvalue weighted by molar-refractivity contribution is -0.138. The summed E-state index contributed by atoms with van der Waals surface area (Å²) in [5.74, 6) is 0.689. The van der Waals surface area contributed by atoms with E-state index in [-0.39, 0.29) is 11.3 Å². The van der Waals surface area contributed by atoms with Crippen molar-refractivity contribution in [3.8, 4) is 11.4 Å². The van der Waals surface area contributed by atoms with Crippen molar-refractivity contribution in [2.75, 3.05) is 13.1 Å². The molecule has 0 aliphatic carbocycles. The molecular weight excluding hydrogens is 314 g/mol. The van der Waals surface area contributed by atoms with Crippen LogP contribution < -0.4 is 0 Å². The van der Waals surface area contributed by atoms with Gasteiger partial charge in [0.25, 0.3) is 0 Å². The largest absolute Gasteiger partial charge is 0.342 e. The second-order valence-corrected chi connectivity index (χ2v) is 7.79. The molecule has 3 rings (SSSR count). The first-order chi connectivity index (χ1) is 11.9. The third-order valence-corrected chi connectivity index (χ3v) is 4.68. The normalized spacial score (nSPS) is 17.9. The number of nitrogens with zero attached hydrogens (tertiary/aromatic N) is 5. The number of hydrogen-bond donors (Lipinski definition) is 0. The highest BCUT2D eigenvalue weighted by atomic mass is 16.2. The number of aryl methyl sites for hydroxylation is 1. The summed E-state index contributed by atoms with van der Waals surface area (Å²) in [5.41, 5.74) is 2.52. The molecule has 0 bridgehead atoms. The zero-order valence-corrected chi connectivity index (χ0v) is 15.6. The van der Waals surface area contributed by atoms with Crippen LogP contribution in [0.1, 0.15) is 39.8 Å². The Morgan fingerprint density at radius 3 is 2.84 bits per heavy atom. The first-order valence-corrected chi connectivity index (χ1v) is 9.01. The molecule has 1 amide bonds. The van der Waals surface area contributed by atoms with E-state index in [0.29, 0.717) is 5.92 Å². The number of rotatable bonds is 4. The monoisotopic (exact) mass is 341 g/mol. The summed E-state index contributed by atoms with van der Waals surface area (Å²) in [4.78, 5) is 23.6. The maximum atomic E-state index is 12.4. The summed E-state index contributed by atoms with van der Waals surface area (Å²) < 4.78 is 1.92. The van der Waals surface area contributed by atoms with Crippen molar-refractivity contribution in [3.05, 3.63) is 30.4 Å². The summed E-state index contributed by atoms with van der Waals surface area (Å²) in [6.45, 7) is 10.5. The minimum absolute atomic E-state index is 0.238. The lowest BCUT2D eigenvalue weighted by Crippen LogP contribution is -2.38. The zero-order valence-electron chi connectivity index (χ0n) is 15.6. The molecule has 0 spiro atoms. The molecule has 0 N–H and O–H groups in total. The molecule has 3 heterocycles. The fourth-order valence-electron chi connectivity index (χ4n) is 3.38. The summed E-state index contributed by atoms with van der Waals surface area (Å²) in [5, 5.41) is 4.30. The Kier molecular flexibility index (Phi) is 4.88. The number of likely N-dealkylation sites (tertiary alicyclic amines) is 1. The van der Waals surface area contributed by atoms with Crippen LogP contribution in [-0.2, 0) is 17.8 Å². The van der Waals surface area contributed by atoms with E-state index < -0.39 is 0 Å². The van der Waals surface area contributed by atoms with Crippen molar-refractivity contribution in [1.82, 2.24) is 24.6 Å². The molecule has 2 aromatic rings. The van der Waals surface area contributed by atoms with E-state index in [9.17, 15) is 4.79 Å². The predicted molar refractivity (Wildman–Crippen MR) is 96.8 cm³/mol. The topological polar surface area (TPSA) is 63.9 Å². The third-order valence-electron chi connectivity index (χ3n) is 4.68. The lowest BCUT2D eigenvalue weighted by atomic mass is 9.95. The smallest absolute Gasteiger partial charge is 0.227 e. The molecule has 1 atom stereocenters. The van der Waals surface area contributed by atoms with Gasteiger partial charge in [-0.2, -0.15) is 5.10 Å². The summed E-state index contributed by atoms with van der Waals surface area (Å²) >= 11 is 0. The number of aromatic nitrogens is 4.